The van der Waals surface area contributed by atoms with E-state index >= 15 is 0 Å². The van der Waals surface area contributed by atoms with Crippen LogP contribution < -0.4 is 16.6 Å². The number of H-pyrrole nitrogens is 1. The zero-order chi connectivity index (χ0) is 15.0. The molecule has 0 amide bonds. The van der Waals surface area contributed by atoms with Crippen molar-refractivity contribution >= 4 is 28.2 Å². The van der Waals surface area contributed by atoms with Crippen molar-refractivity contribution in [3.63, 3.8) is 0 Å². The third kappa shape index (κ3) is 2.55. The lowest BCUT2D eigenvalue weighted by molar-refractivity contribution is 0.619. The number of nitrogens with one attached hydrogen (secondary N) is 2. The molecule has 0 spiro atoms. The Bertz CT molecular complexity index is 888. The number of aryl methyl sites for hydroxylation is 1. The van der Waals surface area contributed by atoms with Crippen molar-refractivity contribution in [3.05, 3.63) is 58.1 Å². The second-order valence-electron chi connectivity index (χ2n) is 4.78. The minimum Gasteiger partial charge on any atom is -0.399 e. The number of aromatic nitrogens is 2. The molecule has 6 heteroatoms. The van der Waals surface area contributed by atoms with Crippen molar-refractivity contribution in [2.75, 3.05) is 11.1 Å². The van der Waals surface area contributed by atoms with E-state index in [1.54, 1.807) is 37.3 Å². The summed E-state index contributed by atoms with van der Waals surface area (Å²) in [5, 5.41) is 3.29. The second-order valence-corrected chi connectivity index (χ2v) is 4.78. The van der Waals surface area contributed by atoms with Crippen LogP contribution in [0.5, 0.6) is 0 Å². The number of fused-ring (bicyclic) bond motifs is 1. The standard InChI is InChI=1S/C15H13FN4O/c1-8-2-4-10(7-12(8)16)18-15-19-13-5-3-9(17)6-11(13)14(21)20-15/h2-7H,17H2,1H3,(H2,18,19,20,21). The average molecular weight is 284 g/mol. The monoisotopic (exact) mass is 284 g/mol. The molecule has 0 aliphatic rings. The highest BCUT2D eigenvalue weighted by molar-refractivity contribution is 5.82. The Labute approximate surface area is 119 Å². The van der Waals surface area contributed by atoms with E-state index in [0.717, 1.165) is 0 Å². The first kappa shape index (κ1) is 13.1. The predicted molar refractivity (Wildman–Crippen MR) is 81.2 cm³/mol. The number of nitrogens with zero attached hydrogens (tertiary/aromatic N) is 1. The normalized spacial score (nSPS) is 10.8. The molecule has 2 aromatic carbocycles. The Hall–Kier alpha value is -2.89. The smallest absolute Gasteiger partial charge is 0.260 e. The second kappa shape index (κ2) is 4.90. The van der Waals surface area contributed by atoms with Gasteiger partial charge in [-0.25, -0.2) is 9.37 Å². The summed E-state index contributed by atoms with van der Waals surface area (Å²) in [6, 6.07) is 9.62. The van der Waals surface area contributed by atoms with Gasteiger partial charge < -0.3 is 11.1 Å². The third-order valence-corrected chi connectivity index (χ3v) is 3.16. The first-order valence-electron chi connectivity index (χ1n) is 6.36. The highest BCUT2D eigenvalue weighted by Gasteiger charge is 2.06. The fourth-order valence-corrected chi connectivity index (χ4v) is 2.02. The molecule has 21 heavy (non-hydrogen) atoms. The fraction of sp³-hybridized carbons (Fsp3) is 0.0667. The average Bonchev–Trinajstić information content (AvgIpc) is 2.44. The van der Waals surface area contributed by atoms with Crippen LogP contribution in [0.2, 0.25) is 0 Å². The van der Waals surface area contributed by atoms with Gasteiger partial charge in [-0.15, -0.1) is 0 Å². The number of nitrogens with two attached hydrogens (primary N) is 1. The maximum atomic E-state index is 13.5. The number of hydrogen-bond acceptors (Lipinski definition) is 4. The van der Waals surface area contributed by atoms with Gasteiger partial charge in [-0.2, -0.15) is 0 Å². The minimum atomic E-state index is -0.323. The molecule has 4 N–H and O–H groups in total. The molecule has 0 fully saturated rings. The summed E-state index contributed by atoms with van der Waals surface area (Å²) < 4.78 is 13.5. The summed E-state index contributed by atoms with van der Waals surface area (Å²) in [5.41, 5.74) is 7.42. The van der Waals surface area contributed by atoms with Crippen molar-refractivity contribution in [2.45, 2.75) is 6.92 Å². The summed E-state index contributed by atoms with van der Waals surface area (Å²) in [6.07, 6.45) is 0. The van der Waals surface area contributed by atoms with Crippen LogP contribution in [0.3, 0.4) is 0 Å². The number of nitrogen functional groups attached to an aromatic ring is 1. The number of aromatic amines is 1. The molecule has 0 unspecified atom stereocenters. The zero-order valence-corrected chi connectivity index (χ0v) is 11.3. The van der Waals surface area contributed by atoms with Crippen molar-refractivity contribution < 1.29 is 4.39 Å². The van der Waals surface area contributed by atoms with E-state index in [0.29, 0.717) is 27.8 Å². The van der Waals surface area contributed by atoms with Crippen LogP contribution in [0.4, 0.5) is 21.7 Å². The predicted octanol–water partition coefficient (Wildman–Crippen LogP) is 2.70. The molecule has 5 nitrogen and oxygen atoms in total. The molecular formula is C15H13FN4O. The van der Waals surface area contributed by atoms with Gasteiger partial charge in [0.15, 0.2) is 0 Å². The van der Waals surface area contributed by atoms with E-state index in [2.05, 4.69) is 15.3 Å². The van der Waals surface area contributed by atoms with Crippen molar-refractivity contribution in [1.29, 1.82) is 0 Å². The fourth-order valence-electron chi connectivity index (χ4n) is 2.02. The summed E-state index contributed by atoms with van der Waals surface area (Å²) in [4.78, 5) is 18.9. The first-order chi connectivity index (χ1) is 10.0. The maximum absolute atomic E-state index is 13.5. The van der Waals surface area contributed by atoms with Crippen LogP contribution in [-0.2, 0) is 0 Å². The third-order valence-electron chi connectivity index (χ3n) is 3.16. The summed E-state index contributed by atoms with van der Waals surface area (Å²) in [5.74, 6) is -0.0727. The van der Waals surface area contributed by atoms with E-state index in [1.165, 1.54) is 6.07 Å². The van der Waals surface area contributed by atoms with Crippen LogP contribution in [0, 0.1) is 12.7 Å². The van der Waals surface area contributed by atoms with Crippen LogP contribution >= 0.6 is 0 Å². The van der Waals surface area contributed by atoms with E-state index in [4.69, 9.17) is 5.73 Å². The highest BCUT2D eigenvalue weighted by atomic mass is 19.1. The van der Waals surface area contributed by atoms with Crippen LogP contribution in [-0.4, -0.2) is 9.97 Å². The van der Waals surface area contributed by atoms with E-state index in [9.17, 15) is 9.18 Å². The molecule has 0 aliphatic heterocycles. The molecule has 3 aromatic rings. The highest BCUT2D eigenvalue weighted by Crippen LogP contribution is 2.18. The van der Waals surface area contributed by atoms with E-state index in [-0.39, 0.29) is 17.3 Å². The summed E-state index contributed by atoms with van der Waals surface area (Å²) in [7, 11) is 0. The molecular weight excluding hydrogens is 271 g/mol. The Morgan fingerprint density at radius 1 is 1.24 bits per heavy atom. The number of halogens is 1. The van der Waals surface area contributed by atoms with Gasteiger partial charge in [0, 0.05) is 11.4 Å². The molecule has 1 heterocycles. The minimum absolute atomic E-state index is 0.250. The van der Waals surface area contributed by atoms with E-state index < -0.39 is 0 Å². The van der Waals surface area contributed by atoms with Gasteiger partial charge in [-0.3, -0.25) is 9.78 Å². The zero-order valence-electron chi connectivity index (χ0n) is 11.3. The van der Waals surface area contributed by atoms with Gasteiger partial charge in [0.25, 0.3) is 5.56 Å². The van der Waals surface area contributed by atoms with Crippen molar-refractivity contribution in [3.8, 4) is 0 Å². The molecule has 0 saturated heterocycles. The summed E-state index contributed by atoms with van der Waals surface area (Å²) >= 11 is 0. The molecule has 0 bridgehead atoms. The number of benzene rings is 2. The van der Waals surface area contributed by atoms with Gasteiger partial charge in [0.2, 0.25) is 5.95 Å². The quantitative estimate of drug-likeness (QED) is 0.632. The number of anilines is 3. The van der Waals surface area contributed by atoms with Crippen molar-refractivity contribution in [2.24, 2.45) is 0 Å². The molecule has 3 rings (SSSR count). The molecule has 0 radical (unpaired) electrons. The van der Waals surface area contributed by atoms with Gasteiger partial charge >= 0.3 is 0 Å². The molecule has 0 saturated carbocycles. The van der Waals surface area contributed by atoms with Gasteiger partial charge in [-0.1, -0.05) is 6.07 Å². The van der Waals surface area contributed by atoms with Gasteiger partial charge in [-0.05, 0) is 42.8 Å². The van der Waals surface area contributed by atoms with E-state index in [1.807, 2.05) is 0 Å². The largest absolute Gasteiger partial charge is 0.399 e. The molecule has 1 aromatic heterocycles. The van der Waals surface area contributed by atoms with Crippen LogP contribution in [0.25, 0.3) is 10.9 Å². The number of rotatable bonds is 2. The van der Waals surface area contributed by atoms with Crippen molar-refractivity contribution in [1.82, 2.24) is 9.97 Å². The lowest BCUT2D eigenvalue weighted by Gasteiger charge is -2.07. The lowest BCUT2D eigenvalue weighted by atomic mass is 10.2. The topological polar surface area (TPSA) is 83.8 Å². The summed E-state index contributed by atoms with van der Waals surface area (Å²) in [6.45, 7) is 1.68. The first-order valence-corrected chi connectivity index (χ1v) is 6.36. The Morgan fingerprint density at radius 3 is 2.81 bits per heavy atom. The van der Waals surface area contributed by atoms with Crippen LogP contribution in [0.15, 0.2) is 41.2 Å². The van der Waals surface area contributed by atoms with Crippen LogP contribution in [0.1, 0.15) is 5.56 Å². The SMILES string of the molecule is Cc1ccc(Nc2nc3ccc(N)cc3c(=O)[nH]2)cc1F. The van der Waals surface area contributed by atoms with Gasteiger partial charge in [0.1, 0.15) is 5.82 Å². The number of hydrogen-bond donors (Lipinski definition) is 3. The molecule has 0 atom stereocenters. The lowest BCUT2D eigenvalue weighted by Crippen LogP contribution is -2.11. The molecule has 106 valence electrons. The Balaban J connectivity index is 2.03. The molecule has 0 aliphatic carbocycles. The maximum Gasteiger partial charge on any atom is 0.260 e. The Kier molecular flexibility index (Phi) is 3.06. The Morgan fingerprint density at radius 2 is 2.05 bits per heavy atom. The van der Waals surface area contributed by atoms with Gasteiger partial charge in [0.05, 0.1) is 10.9 Å².